The maximum atomic E-state index is 13.4. The number of nitrogens with zero attached hydrogens (tertiary/aromatic N) is 1. The number of aldehydes is 1. The van der Waals surface area contributed by atoms with E-state index >= 15 is 0 Å². The van der Waals surface area contributed by atoms with E-state index in [0.717, 1.165) is 24.7 Å². The fourth-order valence-corrected chi connectivity index (χ4v) is 2.18. The Labute approximate surface area is 113 Å². The fraction of sp³-hybridized carbons (Fsp3) is 0.467. The summed E-state index contributed by atoms with van der Waals surface area (Å²) >= 11 is 0. The van der Waals surface area contributed by atoms with E-state index < -0.39 is 0 Å². The molecule has 0 aliphatic heterocycles. The summed E-state index contributed by atoms with van der Waals surface area (Å²) in [7, 11) is 1.54. The Morgan fingerprint density at radius 2 is 2.26 bits per heavy atom. The Hall–Kier alpha value is -1.89. The molecule has 0 aliphatic rings. The van der Waals surface area contributed by atoms with Crippen LogP contribution in [0.3, 0.4) is 0 Å². The van der Waals surface area contributed by atoms with E-state index in [9.17, 15) is 9.18 Å². The SMILES string of the molecule is COc1ccc(F)cc1[C@H](CCC=O)CCCC#N. The van der Waals surface area contributed by atoms with Gasteiger partial charge in [0.25, 0.3) is 0 Å². The fourth-order valence-electron chi connectivity index (χ4n) is 2.18. The highest BCUT2D eigenvalue weighted by Crippen LogP contribution is 2.34. The van der Waals surface area contributed by atoms with Crippen LogP contribution in [-0.4, -0.2) is 13.4 Å². The zero-order valence-electron chi connectivity index (χ0n) is 11.1. The van der Waals surface area contributed by atoms with Crippen molar-refractivity contribution in [3.05, 3.63) is 29.6 Å². The normalized spacial score (nSPS) is 11.6. The van der Waals surface area contributed by atoms with Gasteiger partial charge >= 0.3 is 0 Å². The van der Waals surface area contributed by atoms with Crippen molar-refractivity contribution in [2.24, 2.45) is 0 Å². The number of hydrogen-bond acceptors (Lipinski definition) is 3. The van der Waals surface area contributed by atoms with Crippen molar-refractivity contribution < 1.29 is 13.9 Å². The molecule has 0 fully saturated rings. The van der Waals surface area contributed by atoms with Crippen molar-refractivity contribution >= 4 is 6.29 Å². The number of benzene rings is 1. The summed E-state index contributed by atoms with van der Waals surface area (Å²) in [6, 6.07) is 6.51. The van der Waals surface area contributed by atoms with Crippen molar-refractivity contribution in [2.75, 3.05) is 7.11 Å². The van der Waals surface area contributed by atoms with Crippen LogP contribution in [0.15, 0.2) is 18.2 Å². The molecule has 1 aromatic carbocycles. The maximum Gasteiger partial charge on any atom is 0.123 e. The number of ether oxygens (including phenoxy) is 1. The number of carbonyl (C=O) groups is 1. The summed E-state index contributed by atoms with van der Waals surface area (Å²) in [5.74, 6) is 0.366. The van der Waals surface area contributed by atoms with Crippen LogP contribution in [0.4, 0.5) is 4.39 Å². The lowest BCUT2D eigenvalue weighted by atomic mass is 9.89. The third kappa shape index (κ3) is 4.70. The summed E-state index contributed by atoms with van der Waals surface area (Å²) < 4.78 is 18.6. The molecule has 3 nitrogen and oxygen atoms in total. The minimum Gasteiger partial charge on any atom is -0.496 e. The molecular formula is C15H18FNO2. The molecule has 0 amide bonds. The topological polar surface area (TPSA) is 50.1 Å². The summed E-state index contributed by atoms with van der Waals surface area (Å²) in [6.45, 7) is 0. The van der Waals surface area contributed by atoms with Crippen LogP contribution in [0.25, 0.3) is 0 Å². The van der Waals surface area contributed by atoms with Crippen LogP contribution in [0.5, 0.6) is 5.75 Å². The Morgan fingerprint density at radius 1 is 1.47 bits per heavy atom. The van der Waals surface area contributed by atoms with Gasteiger partial charge in [-0.2, -0.15) is 5.26 Å². The summed E-state index contributed by atoms with van der Waals surface area (Å²) in [4.78, 5) is 10.5. The van der Waals surface area contributed by atoms with Gasteiger partial charge < -0.3 is 9.53 Å². The van der Waals surface area contributed by atoms with Gasteiger partial charge in [0, 0.05) is 18.4 Å². The third-order valence-electron chi connectivity index (χ3n) is 3.11. The van der Waals surface area contributed by atoms with Crippen LogP contribution in [-0.2, 0) is 4.79 Å². The van der Waals surface area contributed by atoms with Gasteiger partial charge in [-0.3, -0.25) is 0 Å². The first-order valence-corrected chi connectivity index (χ1v) is 6.37. The molecule has 0 aromatic heterocycles. The second kappa shape index (κ2) is 8.25. The van der Waals surface area contributed by atoms with Gasteiger partial charge in [0.1, 0.15) is 17.9 Å². The van der Waals surface area contributed by atoms with E-state index in [1.54, 1.807) is 13.2 Å². The quantitative estimate of drug-likeness (QED) is 0.532. The Morgan fingerprint density at radius 3 is 2.89 bits per heavy atom. The number of hydrogen-bond donors (Lipinski definition) is 0. The van der Waals surface area contributed by atoms with Gasteiger partial charge in [0.2, 0.25) is 0 Å². The number of nitriles is 1. The highest BCUT2D eigenvalue weighted by atomic mass is 19.1. The van der Waals surface area contributed by atoms with Gasteiger partial charge in [-0.15, -0.1) is 0 Å². The minimum atomic E-state index is -0.313. The number of unbranched alkanes of at least 4 members (excludes halogenated alkanes) is 1. The molecule has 1 atom stereocenters. The van der Waals surface area contributed by atoms with E-state index in [-0.39, 0.29) is 11.7 Å². The van der Waals surface area contributed by atoms with Crippen LogP contribution >= 0.6 is 0 Å². The molecule has 0 unspecified atom stereocenters. The molecule has 1 aromatic rings. The second-order valence-corrected chi connectivity index (χ2v) is 4.38. The van der Waals surface area contributed by atoms with E-state index in [1.165, 1.54) is 12.1 Å². The molecule has 0 spiro atoms. The maximum absolute atomic E-state index is 13.4. The van der Waals surface area contributed by atoms with E-state index in [2.05, 4.69) is 6.07 Å². The smallest absolute Gasteiger partial charge is 0.123 e. The average Bonchev–Trinajstić information content (AvgIpc) is 2.42. The standard InChI is InChI=1S/C15H18FNO2/c1-19-15-8-7-13(16)11-14(15)12(6-4-10-18)5-2-3-9-17/h7-8,10-12H,2-6H2,1H3/t12-/m0/s1. The lowest BCUT2D eigenvalue weighted by Crippen LogP contribution is -2.03. The van der Waals surface area contributed by atoms with Gasteiger partial charge in [-0.25, -0.2) is 4.39 Å². The molecule has 0 heterocycles. The first-order valence-electron chi connectivity index (χ1n) is 6.37. The minimum absolute atomic E-state index is 0.0456. The Kier molecular flexibility index (Phi) is 6.59. The summed E-state index contributed by atoms with van der Waals surface area (Å²) in [5.41, 5.74) is 0.780. The number of halogens is 1. The van der Waals surface area contributed by atoms with Gasteiger partial charge in [0.15, 0.2) is 0 Å². The molecule has 0 saturated carbocycles. The van der Waals surface area contributed by atoms with E-state index in [1.807, 2.05) is 0 Å². The van der Waals surface area contributed by atoms with Gasteiger partial charge in [-0.1, -0.05) is 0 Å². The lowest BCUT2D eigenvalue weighted by Gasteiger charge is -2.18. The largest absolute Gasteiger partial charge is 0.496 e. The molecule has 0 radical (unpaired) electrons. The molecule has 19 heavy (non-hydrogen) atoms. The second-order valence-electron chi connectivity index (χ2n) is 4.38. The highest BCUT2D eigenvalue weighted by Gasteiger charge is 2.16. The number of methoxy groups -OCH3 is 1. The van der Waals surface area contributed by atoms with E-state index in [4.69, 9.17) is 10.00 Å². The third-order valence-corrected chi connectivity index (χ3v) is 3.11. The monoisotopic (exact) mass is 263 g/mol. The predicted octanol–water partition coefficient (Wildman–Crippen LogP) is 3.59. The molecule has 0 saturated heterocycles. The Balaban J connectivity index is 2.91. The molecule has 0 aliphatic carbocycles. The van der Waals surface area contributed by atoms with Crippen molar-refractivity contribution in [2.45, 2.75) is 38.0 Å². The number of rotatable bonds is 8. The van der Waals surface area contributed by atoms with E-state index in [0.29, 0.717) is 25.0 Å². The van der Waals surface area contributed by atoms with Crippen LogP contribution in [0.1, 0.15) is 43.6 Å². The molecule has 1 rings (SSSR count). The molecule has 102 valence electrons. The Bertz CT molecular complexity index is 454. The molecule has 4 heteroatoms. The number of carbonyl (C=O) groups excluding carboxylic acids is 1. The van der Waals surface area contributed by atoms with Crippen molar-refractivity contribution in [1.82, 2.24) is 0 Å². The van der Waals surface area contributed by atoms with Crippen molar-refractivity contribution in [3.63, 3.8) is 0 Å². The average molecular weight is 263 g/mol. The molecule has 0 bridgehead atoms. The molecule has 0 N–H and O–H groups in total. The van der Waals surface area contributed by atoms with Gasteiger partial charge in [0.05, 0.1) is 13.2 Å². The highest BCUT2D eigenvalue weighted by molar-refractivity contribution is 5.49. The first kappa shape index (κ1) is 15.2. The van der Waals surface area contributed by atoms with Crippen LogP contribution in [0.2, 0.25) is 0 Å². The van der Waals surface area contributed by atoms with Crippen LogP contribution in [0, 0.1) is 17.1 Å². The first-order chi connectivity index (χ1) is 9.22. The zero-order chi connectivity index (χ0) is 14.1. The van der Waals surface area contributed by atoms with Crippen molar-refractivity contribution in [1.29, 1.82) is 5.26 Å². The van der Waals surface area contributed by atoms with Gasteiger partial charge in [-0.05, 0) is 43.4 Å². The predicted molar refractivity (Wildman–Crippen MR) is 70.5 cm³/mol. The lowest BCUT2D eigenvalue weighted by molar-refractivity contribution is -0.108. The van der Waals surface area contributed by atoms with Crippen LogP contribution < -0.4 is 4.74 Å². The summed E-state index contributed by atoms with van der Waals surface area (Å²) in [6.07, 6.45) is 3.89. The molecular weight excluding hydrogens is 245 g/mol. The zero-order valence-corrected chi connectivity index (χ0v) is 11.1. The van der Waals surface area contributed by atoms with Crippen molar-refractivity contribution in [3.8, 4) is 11.8 Å². The summed E-state index contributed by atoms with van der Waals surface area (Å²) in [5, 5.41) is 8.58.